The van der Waals surface area contributed by atoms with Crippen molar-refractivity contribution < 1.29 is 0 Å². The Labute approximate surface area is 89.7 Å². The van der Waals surface area contributed by atoms with Crippen molar-refractivity contribution in [2.75, 3.05) is 13.1 Å². The average Bonchev–Trinajstić information content (AvgIpc) is 2.74. The third-order valence-corrected chi connectivity index (χ3v) is 3.17. The van der Waals surface area contributed by atoms with Crippen LogP contribution < -0.4 is 5.32 Å². The summed E-state index contributed by atoms with van der Waals surface area (Å²) in [6, 6.07) is 10.6. The number of nitrogens with zero attached hydrogens (tertiary/aromatic N) is 1. The van der Waals surface area contributed by atoms with E-state index in [9.17, 15) is 0 Å². The fourth-order valence-corrected chi connectivity index (χ4v) is 2.37. The van der Waals surface area contributed by atoms with Gasteiger partial charge in [0.1, 0.15) is 0 Å². The van der Waals surface area contributed by atoms with Crippen LogP contribution >= 0.6 is 0 Å². The van der Waals surface area contributed by atoms with Crippen molar-refractivity contribution in [3.05, 3.63) is 42.1 Å². The minimum atomic E-state index is 0.564. The van der Waals surface area contributed by atoms with Gasteiger partial charge in [-0.3, -0.25) is 4.99 Å². The molecule has 15 heavy (non-hydrogen) atoms. The molecule has 2 nitrogen and oxygen atoms in total. The molecule has 2 heterocycles. The van der Waals surface area contributed by atoms with Crippen LogP contribution in [0.2, 0.25) is 0 Å². The molecule has 0 radical (unpaired) electrons. The van der Waals surface area contributed by atoms with Crippen LogP contribution in [-0.4, -0.2) is 18.8 Å². The second kappa shape index (κ2) is 3.63. The Kier molecular flexibility index (Phi) is 2.14. The number of benzene rings is 1. The van der Waals surface area contributed by atoms with E-state index in [1.807, 2.05) is 6.20 Å². The zero-order valence-electron chi connectivity index (χ0n) is 8.61. The molecule has 1 aromatic carbocycles. The molecule has 1 N–H and O–H groups in total. The van der Waals surface area contributed by atoms with Gasteiger partial charge in [0.25, 0.3) is 0 Å². The average molecular weight is 198 g/mol. The highest BCUT2D eigenvalue weighted by Gasteiger charge is 2.27. The van der Waals surface area contributed by atoms with Crippen LogP contribution in [0.3, 0.4) is 0 Å². The number of hydrogen-bond donors (Lipinski definition) is 1. The van der Waals surface area contributed by atoms with Crippen LogP contribution in [0.25, 0.3) is 5.57 Å². The lowest BCUT2D eigenvalue weighted by Gasteiger charge is -2.23. The topological polar surface area (TPSA) is 24.4 Å². The van der Waals surface area contributed by atoms with Gasteiger partial charge in [-0.25, -0.2) is 0 Å². The van der Waals surface area contributed by atoms with Gasteiger partial charge in [0.05, 0.1) is 0 Å². The summed E-state index contributed by atoms with van der Waals surface area (Å²) in [5.74, 6) is 0.564. The lowest BCUT2D eigenvalue weighted by Crippen LogP contribution is -2.35. The predicted octanol–water partition coefficient (Wildman–Crippen LogP) is 2.09. The molecule has 2 aliphatic rings. The highest BCUT2D eigenvalue weighted by Crippen LogP contribution is 2.32. The number of allylic oxidation sites excluding steroid dienone is 1. The third kappa shape index (κ3) is 1.51. The van der Waals surface area contributed by atoms with Crippen LogP contribution in [0.4, 0.5) is 0 Å². The number of fused-ring (bicyclic) bond motifs is 1. The third-order valence-electron chi connectivity index (χ3n) is 3.17. The summed E-state index contributed by atoms with van der Waals surface area (Å²) in [7, 11) is 0. The molecule has 0 spiro atoms. The van der Waals surface area contributed by atoms with E-state index < -0.39 is 0 Å². The maximum Gasteiger partial charge on any atom is 0.0393 e. The van der Waals surface area contributed by atoms with Crippen LogP contribution in [0.5, 0.6) is 0 Å². The van der Waals surface area contributed by atoms with Gasteiger partial charge >= 0.3 is 0 Å². The molecule has 1 unspecified atom stereocenters. The zero-order valence-corrected chi connectivity index (χ0v) is 8.61. The first-order chi connectivity index (χ1) is 7.45. The molecule has 76 valence electrons. The lowest BCUT2D eigenvalue weighted by molar-refractivity contribution is 0.620. The molecule has 1 aromatic rings. The summed E-state index contributed by atoms with van der Waals surface area (Å²) in [6.07, 6.45) is 3.22. The van der Waals surface area contributed by atoms with E-state index in [-0.39, 0.29) is 0 Å². The minimum Gasteiger partial charge on any atom is -0.311 e. The van der Waals surface area contributed by atoms with Crippen molar-refractivity contribution in [1.82, 2.24) is 5.32 Å². The lowest BCUT2D eigenvalue weighted by atomic mass is 9.86. The molecule has 0 bridgehead atoms. The van der Waals surface area contributed by atoms with E-state index in [2.05, 4.69) is 40.6 Å². The Morgan fingerprint density at radius 1 is 1.20 bits per heavy atom. The van der Waals surface area contributed by atoms with E-state index in [0.717, 1.165) is 13.1 Å². The quantitative estimate of drug-likeness (QED) is 0.734. The van der Waals surface area contributed by atoms with Crippen molar-refractivity contribution in [3.63, 3.8) is 0 Å². The highest BCUT2D eigenvalue weighted by molar-refractivity contribution is 6.02. The summed E-state index contributed by atoms with van der Waals surface area (Å²) in [5, 5.41) is 3.36. The molecule has 3 rings (SSSR count). The van der Waals surface area contributed by atoms with Crippen LogP contribution in [-0.2, 0) is 0 Å². The summed E-state index contributed by atoms with van der Waals surface area (Å²) in [4.78, 5) is 4.51. The van der Waals surface area contributed by atoms with E-state index in [4.69, 9.17) is 0 Å². The number of nitrogens with one attached hydrogen (secondary N) is 1. The molecule has 0 saturated carbocycles. The van der Waals surface area contributed by atoms with E-state index in [0.29, 0.717) is 5.92 Å². The molecule has 1 saturated heterocycles. The van der Waals surface area contributed by atoms with Crippen molar-refractivity contribution >= 4 is 11.3 Å². The van der Waals surface area contributed by atoms with E-state index >= 15 is 0 Å². The summed E-state index contributed by atoms with van der Waals surface area (Å²) >= 11 is 0. The first-order valence-electron chi connectivity index (χ1n) is 5.48. The molecule has 0 aromatic heterocycles. The van der Waals surface area contributed by atoms with Gasteiger partial charge in [-0.1, -0.05) is 30.3 Å². The monoisotopic (exact) mass is 198 g/mol. The van der Waals surface area contributed by atoms with Crippen molar-refractivity contribution in [2.24, 2.45) is 10.9 Å². The molecular weight excluding hydrogens is 184 g/mol. The second-order valence-corrected chi connectivity index (χ2v) is 4.09. The first-order valence-corrected chi connectivity index (χ1v) is 5.48. The zero-order chi connectivity index (χ0) is 10.1. The largest absolute Gasteiger partial charge is 0.311 e. The smallest absolute Gasteiger partial charge is 0.0393 e. The predicted molar refractivity (Wildman–Crippen MR) is 62.8 cm³/mol. The maximum absolute atomic E-state index is 4.51. The van der Waals surface area contributed by atoms with Gasteiger partial charge < -0.3 is 5.32 Å². The van der Waals surface area contributed by atoms with Crippen LogP contribution in [0.15, 0.2) is 41.5 Å². The second-order valence-electron chi connectivity index (χ2n) is 4.09. The van der Waals surface area contributed by atoms with Gasteiger partial charge in [-0.2, -0.15) is 0 Å². The Morgan fingerprint density at radius 3 is 2.93 bits per heavy atom. The van der Waals surface area contributed by atoms with Gasteiger partial charge in [0.15, 0.2) is 0 Å². The summed E-state index contributed by atoms with van der Waals surface area (Å²) in [6.45, 7) is 2.06. The molecule has 0 amide bonds. The number of rotatable bonds is 1. The standard InChI is InChI=1S/C13H14N2/c1-2-4-10(5-3-1)12-8-15-13-9-14-7-6-11(12)13/h1-5,8,11,14H,6-7,9H2. The molecule has 0 aliphatic carbocycles. The molecule has 2 aliphatic heterocycles. The minimum absolute atomic E-state index is 0.564. The SMILES string of the molecule is C1=C(c2ccccc2)C2CCNCC2=N1. The fraction of sp³-hybridized carbons (Fsp3) is 0.308. The Hall–Kier alpha value is -1.41. The molecule has 1 atom stereocenters. The Balaban J connectivity index is 1.91. The van der Waals surface area contributed by atoms with Gasteiger partial charge in [-0.05, 0) is 24.1 Å². The van der Waals surface area contributed by atoms with E-state index in [1.165, 1.54) is 23.3 Å². The highest BCUT2D eigenvalue weighted by atomic mass is 14.9. The van der Waals surface area contributed by atoms with Gasteiger partial charge in [0.2, 0.25) is 0 Å². The molecule has 1 fully saturated rings. The van der Waals surface area contributed by atoms with Gasteiger partial charge in [-0.15, -0.1) is 0 Å². The van der Waals surface area contributed by atoms with Crippen molar-refractivity contribution in [3.8, 4) is 0 Å². The Bertz CT molecular complexity index is 417. The molecular formula is C13H14N2. The number of hydrogen-bond acceptors (Lipinski definition) is 2. The van der Waals surface area contributed by atoms with Crippen molar-refractivity contribution in [1.29, 1.82) is 0 Å². The molecule has 2 heteroatoms. The van der Waals surface area contributed by atoms with Crippen molar-refractivity contribution in [2.45, 2.75) is 6.42 Å². The summed E-state index contributed by atoms with van der Waals surface area (Å²) in [5.41, 5.74) is 4.02. The van der Waals surface area contributed by atoms with Gasteiger partial charge in [0, 0.05) is 24.4 Å². The first kappa shape index (κ1) is 8.86. The number of aliphatic imine (C=N–C) groups is 1. The van der Waals surface area contributed by atoms with E-state index in [1.54, 1.807) is 0 Å². The maximum atomic E-state index is 4.51. The number of piperidine rings is 1. The Morgan fingerprint density at radius 2 is 2.07 bits per heavy atom. The fourth-order valence-electron chi connectivity index (χ4n) is 2.37. The van der Waals surface area contributed by atoms with Crippen LogP contribution in [0.1, 0.15) is 12.0 Å². The van der Waals surface area contributed by atoms with Crippen LogP contribution in [0, 0.1) is 5.92 Å². The normalized spacial score (nSPS) is 24.4. The summed E-state index contributed by atoms with van der Waals surface area (Å²) < 4.78 is 0.